The van der Waals surface area contributed by atoms with E-state index in [-0.39, 0.29) is 11.8 Å². The number of carbonyl (C=O) groups excluding carboxylic acids is 1. The Balaban J connectivity index is 2.07. The van der Waals surface area contributed by atoms with Gasteiger partial charge in [0, 0.05) is 5.56 Å². The van der Waals surface area contributed by atoms with E-state index in [0.29, 0.717) is 11.1 Å². The van der Waals surface area contributed by atoms with Gasteiger partial charge in [-0.15, -0.1) is 10.2 Å². The molecule has 0 spiro atoms. The van der Waals surface area contributed by atoms with Gasteiger partial charge in [-0.2, -0.15) is 5.26 Å². The summed E-state index contributed by atoms with van der Waals surface area (Å²) in [6.45, 7) is 11.3. The van der Waals surface area contributed by atoms with E-state index >= 15 is 0 Å². The van der Waals surface area contributed by atoms with E-state index in [4.69, 9.17) is 4.42 Å². The molecule has 2 atom stereocenters. The lowest BCUT2D eigenvalue weighted by Crippen LogP contribution is -2.51. The van der Waals surface area contributed by atoms with Crippen LogP contribution in [0.1, 0.15) is 38.8 Å². The van der Waals surface area contributed by atoms with Gasteiger partial charge in [0.2, 0.25) is 11.8 Å². The third-order valence-electron chi connectivity index (χ3n) is 4.58. The number of hydrogen-bond donors (Lipinski definition) is 1. The second-order valence-corrected chi connectivity index (χ2v) is 8.18. The van der Waals surface area contributed by atoms with E-state index in [1.807, 2.05) is 45.9 Å². The van der Waals surface area contributed by atoms with Crippen molar-refractivity contribution in [2.45, 2.75) is 57.6 Å². The summed E-state index contributed by atoms with van der Waals surface area (Å²) >= 11 is 1.18. The predicted molar refractivity (Wildman–Crippen MR) is 102 cm³/mol. The Morgan fingerprint density at radius 3 is 2.54 bits per heavy atom. The second-order valence-electron chi connectivity index (χ2n) is 6.89. The Labute approximate surface area is 158 Å². The fourth-order valence-electron chi connectivity index (χ4n) is 2.11. The predicted octanol–water partition coefficient (Wildman–Crippen LogP) is 3.89. The van der Waals surface area contributed by atoms with Gasteiger partial charge >= 0.3 is 0 Å². The molecule has 1 aromatic carbocycles. The fraction of sp³-hybridized carbons (Fsp3) is 0.474. The van der Waals surface area contributed by atoms with Gasteiger partial charge in [0.1, 0.15) is 5.54 Å². The van der Waals surface area contributed by atoms with E-state index in [1.165, 1.54) is 17.3 Å². The fourth-order valence-corrected chi connectivity index (χ4v) is 2.80. The normalized spacial score (nSPS) is 14.5. The summed E-state index contributed by atoms with van der Waals surface area (Å²) in [6, 6.07) is 8.10. The van der Waals surface area contributed by atoms with Crippen LogP contribution in [0.3, 0.4) is 0 Å². The number of rotatable bonds is 6. The van der Waals surface area contributed by atoms with Crippen LogP contribution >= 0.6 is 11.8 Å². The first kappa shape index (κ1) is 20.0. The van der Waals surface area contributed by atoms with Crippen LogP contribution in [-0.4, -0.2) is 26.9 Å². The Morgan fingerprint density at radius 1 is 1.27 bits per heavy atom. The molecule has 138 valence electrons. The van der Waals surface area contributed by atoms with Gasteiger partial charge in [0.15, 0.2) is 0 Å². The maximum absolute atomic E-state index is 12.4. The van der Waals surface area contributed by atoms with E-state index in [0.717, 1.165) is 11.1 Å². The molecule has 0 aliphatic rings. The van der Waals surface area contributed by atoms with Gasteiger partial charge in [-0.1, -0.05) is 31.7 Å². The zero-order chi connectivity index (χ0) is 19.5. The molecular weight excluding hydrogens is 348 g/mol. The minimum atomic E-state index is -0.911. The van der Waals surface area contributed by atoms with Crippen LogP contribution < -0.4 is 5.32 Å². The lowest BCUT2D eigenvalue weighted by Gasteiger charge is -2.28. The topological polar surface area (TPSA) is 91.8 Å². The standard InChI is InChI=1S/C19H24N4O2S/c1-11(2)19(6,10-20)21-16(24)14(5)26-18-23-22-17(25-18)15-8-7-12(3)13(4)9-15/h7-9,11,14H,1-6H3,(H,21,24)/t14-,19-/m1/s1. The molecule has 0 unspecified atom stereocenters. The van der Waals surface area contributed by atoms with Gasteiger partial charge < -0.3 is 9.73 Å². The zero-order valence-electron chi connectivity index (χ0n) is 16.0. The maximum atomic E-state index is 12.4. The molecule has 26 heavy (non-hydrogen) atoms. The largest absolute Gasteiger partial charge is 0.411 e. The number of nitrogens with one attached hydrogen (secondary N) is 1. The molecule has 1 heterocycles. The van der Waals surface area contributed by atoms with Crippen LogP contribution in [0.5, 0.6) is 0 Å². The summed E-state index contributed by atoms with van der Waals surface area (Å²) in [4.78, 5) is 12.4. The summed E-state index contributed by atoms with van der Waals surface area (Å²) in [5.41, 5.74) is 2.28. The molecule has 0 saturated heterocycles. The lowest BCUT2D eigenvalue weighted by molar-refractivity contribution is -0.121. The summed E-state index contributed by atoms with van der Waals surface area (Å²) < 4.78 is 5.69. The molecule has 0 aliphatic carbocycles. The molecule has 2 rings (SSSR count). The molecule has 1 aromatic heterocycles. The number of nitriles is 1. The van der Waals surface area contributed by atoms with Crippen LogP contribution in [0, 0.1) is 31.1 Å². The molecule has 0 radical (unpaired) electrons. The van der Waals surface area contributed by atoms with Crippen molar-refractivity contribution in [3.63, 3.8) is 0 Å². The Bertz CT molecular complexity index is 840. The summed E-state index contributed by atoms with van der Waals surface area (Å²) in [5.74, 6) is 0.180. The number of amides is 1. The van der Waals surface area contributed by atoms with Crippen molar-refractivity contribution in [3.8, 4) is 17.5 Å². The number of carbonyl (C=O) groups is 1. The van der Waals surface area contributed by atoms with Crippen molar-refractivity contribution in [3.05, 3.63) is 29.3 Å². The highest BCUT2D eigenvalue weighted by molar-refractivity contribution is 8.00. The smallest absolute Gasteiger partial charge is 0.277 e. The number of hydrogen-bond acceptors (Lipinski definition) is 6. The molecule has 6 nitrogen and oxygen atoms in total. The minimum absolute atomic E-state index is 0.00608. The molecule has 1 N–H and O–H groups in total. The van der Waals surface area contributed by atoms with E-state index in [9.17, 15) is 10.1 Å². The number of aryl methyl sites for hydroxylation is 2. The van der Waals surface area contributed by atoms with Gasteiger partial charge in [0.25, 0.3) is 5.22 Å². The first-order valence-corrected chi connectivity index (χ1v) is 9.35. The number of nitrogens with zero attached hydrogens (tertiary/aromatic N) is 3. The quantitative estimate of drug-likeness (QED) is 0.774. The van der Waals surface area contributed by atoms with Gasteiger partial charge in [-0.05, 0) is 56.9 Å². The first-order valence-electron chi connectivity index (χ1n) is 8.47. The molecule has 7 heteroatoms. The number of aromatic nitrogens is 2. The Kier molecular flexibility index (Phi) is 6.09. The summed E-state index contributed by atoms with van der Waals surface area (Å²) in [5, 5.41) is 20.1. The van der Waals surface area contributed by atoms with Crippen LogP contribution in [0.4, 0.5) is 0 Å². The summed E-state index contributed by atoms with van der Waals surface area (Å²) in [6.07, 6.45) is 0. The van der Waals surface area contributed by atoms with Gasteiger partial charge in [-0.3, -0.25) is 4.79 Å². The van der Waals surface area contributed by atoms with Gasteiger partial charge in [-0.25, -0.2) is 0 Å². The lowest BCUT2D eigenvalue weighted by atomic mass is 9.90. The molecule has 0 saturated carbocycles. The zero-order valence-corrected chi connectivity index (χ0v) is 16.8. The minimum Gasteiger partial charge on any atom is -0.411 e. The van der Waals surface area contributed by atoms with E-state index < -0.39 is 10.8 Å². The average molecular weight is 372 g/mol. The van der Waals surface area contributed by atoms with Crippen molar-refractivity contribution >= 4 is 17.7 Å². The number of thioether (sulfide) groups is 1. The molecular formula is C19H24N4O2S. The van der Waals surface area contributed by atoms with Crippen LogP contribution in [0.2, 0.25) is 0 Å². The second kappa shape index (κ2) is 7.92. The molecule has 0 aliphatic heterocycles. The van der Waals surface area contributed by atoms with Crippen molar-refractivity contribution in [2.75, 3.05) is 0 Å². The van der Waals surface area contributed by atoms with Crippen molar-refractivity contribution < 1.29 is 9.21 Å². The molecule has 0 fully saturated rings. The van der Waals surface area contributed by atoms with Crippen molar-refractivity contribution in [1.29, 1.82) is 5.26 Å². The van der Waals surface area contributed by atoms with Gasteiger partial charge in [0.05, 0.1) is 11.3 Å². The Morgan fingerprint density at radius 2 is 1.96 bits per heavy atom. The first-order chi connectivity index (χ1) is 12.2. The average Bonchev–Trinajstić information content (AvgIpc) is 3.05. The molecule has 1 amide bonds. The highest BCUT2D eigenvalue weighted by atomic mass is 32.2. The Hall–Kier alpha value is -2.33. The maximum Gasteiger partial charge on any atom is 0.277 e. The highest BCUT2D eigenvalue weighted by Crippen LogP contribution is 2.28. The van der Waals surface area contributed by atoms with Crippen LogP contribution in [0.25, 0.3) is 11.5 Å². The monoisotopic (exact) mass is 372 g/mol. The molecule has 2 aromatic rings. The SMILES string of the molecule is Cc1ccc(-c2nnc(S[C@H](C)C(=O)N[C@](C)(C#N)C(C)C)o2)cc1C. The van der Waals surface area contributed by atoms with Crippen LogP contribution in [0.15, 0.2) is 27.8 Å². The number of benzene rings is 1. The van der Waals surface area contributed by atoms with E-state index in [1.54, 1.807) is 13.8 Å². The van der Waals surface area contributed by atoms with Crippen LogP contribution in [-0.2, 0) is 4.79 Å². The van der Waals surface area contributed by atoms with E-state index in [2.05, 4.69) is 21.6 Å². The molecule has 0 bridgehead atoms. The van der Waals surface area contributed by atoms with Crippen molar-refractivity contribution in [1.82, 2.24) is 15.5 Å². The third-order valence-corrected chi connectivity index (χ3v) is 5.51. The summed E-state index contributed by atoms with van der Waals surface area (Å²) in [7, 11) is 0. The highest BCUT2D eigenvalue weighted by Gasteiger charge is 2.32. The third kappa shape index (κ3) is 4.44. The van der Waals surface area contributed by atoms with Crippen molar-refractivity contribution in [2.24, 2.45) is 5.92 Å².